The average molecular weight is 600 g/mol. The molecule has 1 fully saturated rings. The van der Waals surface area contributed by atoms with Crippen molar-refractivity contribution in [1.29, 1.82) is 0 Å². The van der Waals surface area contributed by atoms with Crippen molar-refractivity contribution in [3.8, 4) is 22.4 Å². The number of pyridine rings is 2. The van der Waals surface area contributed by atoms with E-state index in [1.165, 1.54) is 16.6 Å². The number of rotatable bonds is 10. The van der Waals surface area contributed by atoms with Gasteiger partial charge in [0.25, 0.3) is 0 Å². The molecule has 0 radical (unpaired) electrons. The highest BCUT2D eigenvalue weighted by molar-refractivity contribution is 5.98. The zero-order chi connectivity index (χ0) is 29.1. The monoisotopic (exact) mass is 599 g/mol. The Morgan fingerprint density at radius 3 is 2.56 bits per heavy atom. The molecule has 1 saturated carbocycles. The molecule has 2 N–H and O–H groups in total. The summed E-state index contributed by atoms with van der Waals surface area (Å²) < 4.78 is 15.7. The number of hydrogen-bond acceptors (Lipinski definition) is 4. The van der Waals surface area contributed by atoms with Crippen LogP contribution in [0.1, 0.15) is 57.4 Å². The molecule has 0 aliphatic heterocycles. The van der Waals surface area contributed by atoms with Crippen LogP contribution in [0.2, 0.25) is 0 Å². The molecule has 1 unspecified atom stereocenters. The van der Waals surface area contributed by atoms with Gasteiger partial charge in [0, 0.05) is 28.8 Å². The van der Waals surface area contributed by atoms with E-state index in [2.05, 4.69) is 34.6 Å². The summed E-state index contributed by atoms with van der Waals surface area (Å²) in [5, 5.41) is 10.7. The van der Waals surface area contributed by atoms with Crippen LogP contribution in [-0.4, -0.2) is 31.7 Å². The smallest absolute Gasteiger partial charge is 0.343 e. The Hall–Kier alpha value is -4.30. The Balaban J connectivity index is 0.00000368. The van der Waals surface area contributed by atoms with E-state index in [1.807, 2.05) is 54.6 Å². The van der Waals surface area contributed by atoms with Crippen LogP contribution in [0.15, 0.2) is 89.9 Å². The van der Waals surface area contributed by atoms with Crippen molar-refractivity contribution < 1.29 is 9.18 Å². The standard InChI is InChI=1S/C34H34FN5O2.ClH/c1-2-3-5-11-26(35)16-17-30(41)37-34(19-8-20-34)25-14-12-24(13-15-25)31-27(23-9-6-4-7-10-23)22-28-29(36-31)18-21-40-32(28)38-39-33(40)42;/h4,6-7,9-10,12-18,21-22,26H,2-3,5,8,11,19-20H2,1H3,(H,37,41)(H,39,42);1H. The number of unbranched alkanes of at least 4 members (excludes halogenated alkanes) is 2. The first-order valence-electron chi connectivity index (χ1n) is 14.7. The van der Waals surface area contributed by atoms with Gasteiger partial charge >= 0.3 is 5.69 Å². The lowest BCUT2D eigenvalue weighted by Gasteiger charge is -2.43. The first kappa shape index (κ1) is 30.2. The maximum atomic E-state index is 14.2. The third-order valence-corrected chi connectivity index (χ3v) is 8.28. The van der Waals surface area contributed by atoms with Crippen LogP contribution in [0.25, 0.3) is 38.9 Å². The number of benzene rings is 2. The van der Waals surface area contributed by atoms with Crippen molar-refractivity contribution in [2.24, 2.45) is 0 Å². The zero-order valence-electron chi connectivity index (χ0n) is 24.1. The van der Waals surface area contributed by atoms with Crippen LogP contribution in [0.3, 0.4) is 0 Å². The molecule has 1 atom stereocenters. The Morgan fingerprint density at radius 2 is 1.86 bits per heavy atom. The maximum Gasteiger partial charge on any atom is 0.347 e. The second-order valence-corrected chi connectivity index (χ2v) is 11.1. The molecule has 0 bridgehead atoms. The number of fused-ring (bicyclic) bond motifs is 3. The van der Waals surface area contributed by atoms with Gasteiger partial charge < -0.3 is 5.32 Å². The summed E-state index contributed by atoms with van der Waals surface area (Å²) >= 11 is 0. The van der Waals surface area contributed by atoms with E-state index >= 15 is 0 Å². The molecule has 3 aromatic heterocycles. The van der Waals surface area contributed by atoms with Crippen LogP contribution in [0, 0.1) is 0 Å². The number of alkyl halides is 1. The minimum Gasteiger partial charge on any atom is -0.343 e. The SMILES string of the molecule is CCCCCC(F)C=CC(=O)NC1(c2ccc(-c3nc4ccn5c(=O)[nH]nc5c4cc3-c3ccccc3)cc2)CCC1.Cl. The molecule has 1 aliphatic rings. The van der Waals surface area contributed by atoms with E-state index in [-0.39, 0.29) is 24.0 Å². The van der Waals surface area contributed by atoms with Crippen molar-refractivity contribution in [2.75, 3.05) is 0 Å². The van der Waals surface area contributed by atoms with Crippen molar-refractivity contribution >= 4 is 34.9 Å². The number of H-pyrrole nitrogens is 1. The molecular weight excluding hydrogens is 565 g/mol. The van der Waals surface area contributed by atoms with E-state index in [1.54, 1.807) is 6.20 Å². The molecule has 0 saturated heterocycles. The summed E-state index contributed by atoms with van der Waals surface area (Å²) in [7, 11) is 0. The largest absolute Gasteiger partial charge is 0.347 e. The number of carbonyl (C=O) groups is 1. The lowest BCUT2D eigenvalue weighted by Crippen LogP contribution is -2.50. The first-order chi connectivity index (χ1) is 20.5. The molecule has 6 rings (SSSR count). The third-order valence-electron chi connectivity index (χ3n) is 8.28. The number of allylic oxidation sites excluding steroid dienone is 1. The van der Waals surface area contributed by atoms with E-state index in [0.29, 0.717) is 12.1 Å². The first-order valence-corrected chi connectivity index (χ1v) is 14.7. The highest BCUT2D eigenvalue weighted by Crippen LogP contribution is 2.42. The van der Waals surface area contributed by atoms with Crippen LogP contribution in [0.5, 0.6) is 0 Å². The third kappa shape index (κ3) is 6.11. The van der Waals surface area contributed by atoms with Crippen LogP contribution < -0.4 is 11.0 Å². The summed E-state index contributed by atoms with van der Waals surface area (Å²) in [5.41, 5.74) is 5.22. The highest BCUT2D eigenvalue weighted by Gasteiger charge is 2.39. The number of nitrogens with zero attached hydrogens (tertiary/aromatic N) is 3. The van der Waals surface area contributed by atoms with E-state index in [4.69, 9.17) is 4.98 Å². The molecule has 7 nitrogen and oxygen atoms in total. The molecule has 1 amide bonds. The Kier molecular flexibility index (Phi) is 9.06. The summed E-state index contributed by atoms with van der Waals surface area (Å²) in [5.74, 6) is -0.261. The van der Waals surface area contributed by atoms with Gasteiger partial charge in [0.1, 0.15) is 6.17 Å². The normalized spacial score (nSPS) is 14.8. The van der Waals surface area contributed by atoms with Crippen molar-refractivity contribution in [3.63, 3.8) is 0 Å². The van der Waals surface area contributed by atoms with Crippen LogP contribution >= 0.6 is 12.4 Å². The Bertz CT molecular complexity index is 1810. The minimum atomic E-state index is -1.10. The Morgan fingerprint density at radius 1 is 1.09 bits per heavy atom. The van der Waals surface area contributed by atoms with Crippen LogP contribution in [-0.2, 0) is 10.3 Å². The second-order valence-electron chi connectivity index (χ2n) is 11.1. The van der Waals surface area contributed by atoms with Gasteiger partial charge in [-0.3, -0.25) is 4.79 Å². The summed E-state index contributed by atoms with van der Waals surface area (Å²) in [6.45, 7) is 2.09. The molecular formula is C34H35ClFN5O2. The van der Waals surface area contributed by atoms with Crippen molar-refractivity contribution in [1.82, 2.24) is 24.9 Å². The predicted molar refractivity (Wildman–Crippen MR) is 171 cm³/mol. The fourth-order valence-electron chi connectivity index (χ4n) is 5.79. The average Bonchev–Trinajstić information content (AvgIpc) is 3.39. The lowest BCUT2D eigenvalue weighted by atomic mass is 9.71. The topological polar surface area (TPSA) is 92.2 Å². The number of nitrogens with one attached hydrogen (secondary N) is 2. The number of aromatic amines is 1. The maximum absolute atomic E-state index is 14.2. The van der Waals surface area contributed by atoms with Crippen molar-refractivity contribution in [2.45, 2.75) is 63.6 Å². The molecule has 2 aromatic carbocycles. The molecule has 43 heavy (non-hydrogen) atoms. The highest BCUT2D eigenvalue weighted by atomic mass is 35.5. The number of amides is 1. The summed E-state index contributed by atoms with van der Waals surface area (Å²) in [4.78, 5) is 30.0. The minimum absolute atomic E-state index is 0. The van der Waals surface area contributed by atoms with Gasteiger partial charge in [-0.1, -0.05) is 80.8 Å². The van der Waals surface area contributed by atoms with E-state index in [0.717, 1.165) is 77.4 Å². The molecule has 9 heteroatoms. The number of carbonyl (C=O) groups excluding carboxylic acids is 1. The van der Waals surface area contributed by atoms with Gasteiger partial charge in [-0.15, -0.1) is 12.4 Å². The molecule has 1 aliphatic carbocycles. The van der Waals surface area contributed by atoms with Gasteiger partial charge in [0.2, 0.25) is 5.91 Å². The zero-order valence-corrected chi connectivity index (χ0v) is 24.9. The van der Waals surface area contributed by atoms with Crippen molar-refractivity contribution in [3.05, 3.63) is 101 Å². The number of aromatic nitrogens is 4. The summed E-state index contributed by atoms with van der Waals surface area (Å²) in [6.07, 6.45) is 9.31. The summed E-state index contributed by atoms with van der Waals surface area (Å²) in [6, 6.07) is 22.1. The van der Waals surface area contributed by atoms with Gasteiger partial charge in [-0.25, -0.2) is 23.7 Å². The van der Waals surface area contributed by atoms with E-state index in [9.17, 15) is 14.0 Å². The van der Waals surface area contributed by atoms with Gasteiger partial charge in [0.05, 0.1) is 16.7 Å². The molecule has 222 valence electrons. The van der Waals surface area contributed by atoms with Gasteiger partial charge in [-0.2, -0.15) is 5.10 Å². The quantitative estimate of drug-likeness (QED) is 0.130. The van der Waals surface area contributed by atoms with Gasteiger partial charge in [0.15, 0.2) is 5.65 Å². The predicted octanol–water partition coefficient (Wildman–Crippen LogP) is 7.30. The van der Waals surface area contributed by atoms with E-state index < -0.39 is 11.7 Å². The fourth-order valence-corrected chi connectivity index (χ4v) is 5.79. The van der Waals surface area contributed by atoms with Gasteiger partial charge in [-0.05, 0) is 55.0 Å². The van der Waals surface area contributed by atoms with Crippen LogP contribution in [0.4, 0.5) is 4.39 Å². The molecule has 3 heterocycles. The number of hydrogen-bond donors (Lipinski definition) is 2. The Labute approximate surface area is 255 Å². The molecule has 5 aromatic rings. The molecule has 0 spiro atoms. The fraction of sp³-hybridized carbons (Fsp3) is 0.294. The lowest BCUT2D eigenvalue weighted by molar-refractivity contribution is -0.119. The second kappa shape index (κ2) is 12.9. The number of halogens is 2.